The number of carbonyl (C=O) groups excluding carboxylic acids is 1. The number of rotatable bonds is 2. The van der Waals surface area contributed by atoms with Crippen LogP contribution in [0, 0.1) is 13.8 Å². The molecule has 2 heteroatoms. The second kappa shape index (κ2) is 8.41. The smallest absolute Gasteiger partial charge is 0 e. The maximum atomic E-state index is 9.87. The molecule has 0 saturated carbocycles. The van der Waals surface area contributed by atoms with Gasteiger partial charge < -0.3 is 34.6 Å². The predicted molar refractivity (Wildman–Crippen MR) is 84.4 cm³/mol. The molecule has 114 valence electrons. The summed E-state index contributed by atoms with van der Waals surface area (Å²) in [6.07, 6.45) is 0.833. The second-order valence-electron chi connectivity index (χ2n) is 4.81. The summed E-state index contributed by atoms with van der Waals surface area (Å²) in [7, 11) is 0. The Kier molecular flexibility index (Phi) is 6.87. The van der Waals surface area contributed by atoms with Gasteiger partial charge in [0.2, 0.25) is 0 Å². The quantitative estimate of drug-likeness (QED) is 0.373. The Balaban J connectivity index is 0.000000236. The van der Waals surface area contributed by atoms with Crippen molar-refractivity contribution >= 4 is 6.29 Å². The average Bonchev–Trinajstić information content (AvgIpc) is 3.15. The van der Waals surface area contributed by atoms with Gasteiger partial charge in [0.1, 0.15) is 0 Å². The minimum Gasteiger partial charge on any atom is -0.721 e. The largest absolute Gasteiger partial charge is 0.721 e. The Labute approximate surface area is 136 Å². The van der Waals surface area contributed by atoms with Crippen LogP contribution in [-0.2, 0) is 17.1 Å². The monoisotopic (exact) mass is 318 g/mol. The molecule has 0 aromatic heterocycles. The maximum Gasteiger partial charge on any atom is 0 e. The van der Waals surface area contributed by atoms with Gasteiger partial charge in [0, 0.05) is 17.1 Å². The number of hydrogen-bond donors (Lipinski definition) is 0. The van der Waals surface area contributed by atoms with Crippen LogP contribution in [0.2, 0.25) is 0 Å². The molecule has 3 aromatic rings. The van der Waals surface area contributed by atoms with Gasteiger partial charge in [-0.25, -0.2) is 0 Å². The first-order valence-electron chi connectivity index (χ1n) is 6.67. The van der Waals surface area contributed by atoms with Crippen LogP contribution in [0.3, 0.4) is 0 Å². The van der Waals surface area contributed by atoms with Crippen molar-refractivity contribution in [2.24, 2.45) is 0 Å². The number of aryl methyl sites for hydroxylation is 2. The molecule has 0 saturated heterocycles. The van der Waals surface area contributed by atoms with Gasteiger partial charge in [-0.15, -0.1) is 29.8 Å². The van der Waals surface area contributed by atoms with Crippen molar-refractivity contribution < 1.29 is 21.9 Å². The molecule has 0 aliphatic heterocycles. The van der Waals surface area contributed by atoms with E-state index in [1.165, 1.54) is 22.3 Å². The molecule has 21 heavy (non-hydrogen) atoms. The molecule has 0 radical (unpaired) electrons. The summed E-state index contributed by atoms with van der Waals surface area (Å²) < 4.78 is 0. The minimum atomic E-state index is 0. The zero-order valence-electron chi connectivity index (χ0n) is 12.2. The van der Waals surface area contributed by atoms with Crippen LogP contribution in [-0.4, -0.2) is 6.29 Å². The van der Waals surface area contributed by atoms with E-state index in [1.807, 2.05) is 12.1 Å². The first kappa shape index (κ1) is 17.2. The molecule has 0 spiro atoms. The van der Waals surface area contributed by atoms with Crippen LogP contribution in [0.25, 0.3) is 11.1 Å². The zero-order chi connectivity index (χ0) is 14.4. The third-order valence-corrected chi connectivity index (χ3v) is 3.33. The fourth-order valence-corrected chi connectivity index (χ4v) is 1.95. The number of hydrogen-bond acceptors (Lipinski definition) is 1. The molecule has 0 fully saturated rings. The maximum absolute atomic E-state index is 9.87. The van der Waals surface area contributed by atoms with Gasteiger partial charge in [-0.05, 0) is 13.8 Å². The predicted octanol–water partition coefficient (Wildman–Crippen LogP) is 4.90. The van der Waals surface area contributed by atoms with E-state index in [2.05, 4.69) is 56.3 Å². The number of benzene rings is 1. The molecule has 1 nitrogen and oxygen atoms in total. The minimum absolute atomic E-state index is 0. The molecule has 0 bridgehead atoms. The summed E-state index contributed by atoms with van der Waals surface area (Å²) in [5.74, 6) is 0. The topological polar surface area (TPSA) is 17.1 Å². The van der Waals surface area contributed by atoms with Crippen molar-refractivity contribution in [3.63, 3.8) is 0 Å². The summed E-state index contributed by atoms with van der Waals surface area (Å²) in [5, 5.41) is 0. The van der Waals surface area contributed by atoms with Crippen LogP contribution in [0.4, 0.5) is 0 Å². The third-order valence-electron chi connectivity index (χ3n) is 3.33. The third kappa shape index (κ3) is 4.86. The van der Waals surface area contributed by atoms with E-state index in [4.69, 9.17) is 0 Å². The van der Waals surface area contributed by atoms with E-state index in [1.54, 1.807) is 12.1 Å². The molecule has 3 aromatic carbocycles. The summed E-state index contributed by atoms with van der Waals surface area (Å²) in [6, 6.07) is 22.2. The van der Waals surface area contributed by atoms with Crippen LogP contribution >= 0.6 is 0 Å². The van der Waals surface area contributed by atoms with Gasteiger partial charge in [-0.2, -0.15) is 12.1 Å². The first-order chi connectivity index (χ1) is 9.70. The molecule has 0 N–H and O–H groups in total. The van der Waals surface area contributed by atoms with Gasteiger partial charge in [-0.3, -0.25) is 6.29 Å². The van der Waals surface area contributed by atoms with Crippen molar-refractivity contribution in [1.29, 1.82) is 0 Å². The Bertz CT molecular complexity index is 649. The van der Waals surface area contributed by atoms with Crippen molar-refractivity contribution in [2.45, 2.75) is 13.8 Å². The second-order valence-corrected chi connectivity index (χ2v) is 4.81. The molecule has 0 amide bonds. The normalized spacial score (nSPS) is 9.24. The molecule has 0 aliphatic rings. The molecular weight excluding hydrogens is 300 g/mol. The van der Waals surface area contributed by atoms with Crippen molar-refractivity contribution in [3.05, 3.63) is 83.4 Å². The Morgan fingerprint density at radius 3 is 2.10 bits per heavy atom. The van der Waals surface area contributed by atoms with E-state index < -0.39 is 0 Å². The summed E-state index contributed by atoms with van der Waals surface area (Å²) in [5.41, 5.74) is 6.09. The Hall–Kier alpha value is -1.89. The van der Waals surface area contributed by atoms with E-state index in [9.17, 15) is 4.79 Å². The molecule has 3 rings (SSSR count). The van der Waals surface area contributed by atoms with E-state index >= 15 is 0 Å². The summed E-state index contributed by atoms with van der Waals surface area (Å²) in [6.45, 7) is 4.30. The molecule has 0 aliphatic carbocycles. The molecule has 0 unspecified atom stereocenters. The van der Waals surface area contributed by atoms with Crippen molar-refractivity contribution in [2.75, 3.05) is 0 Å². The standard InChI is InChI=1S/C13H13.C6H5O.Fe/c1-10-7-8-13(9-11(10)2)12-5-3-4-6-12;7-5-6-3-1-2-4-6;/h3-9H,1-2H3;1-5H;/q-1;-5;. The first-order valence-corrected chi connectivity index (χ1v) is 6.67. The number of aldehydes is 1. The fourth-order valence-electron chi connectivity index (χ4n) is 1.95. The van der Waals surface area contributed by atoms with Crippen LogP contribution in [0.15, 0.2) is 66.7 Å². The zero-order valence-corrected chi connectivity index (χ0v) is 13.3. The molecular formula is C19H18FeO-6. The average molecular weight is 318 g/mol. The Morgan fingerprint density at radius 1 is 1.00 bits per heavy atom. The van der Waals surface area contributed by atoms with Gasteiger partial charge in [0.25, 0.3) is 0 Å². The summed E-state index contributed by atoms with van der Waals surface area (Å²) in [4.78, 5) is 9.87. The van der Waals surface area contributed by atoms with Crippen LogP contribution in [0.5, 0.6) is 0 Å². The SMILES string of the molecule is Cc1ccc(-[c-]2cccc2)cc1C.O=C[c-]1[cH-][cH-][cH-][cH-]1.[Fe]. The van der Waals surface area contributed by atoms with E-state index in [-0.39, 0.29) is 17.1 Å². The van der Waals surface area contributed by atoms with Crippen LogP contribution < -0.4 is 0 Å². The van der Waals surface area contributed by atoms with E-state index in [0.29, 0.717) is 0 Å². The van der Waals surface area contributed by atoms with Gasteiger partial charge in [-0.1, -0.05) is 22.8 Å². The van der Waals surface area contributed by atoms with Crippen molar-refractivity contribution in [3.8, 4) is 11.1 Å². The van der Waals surface area contributed by atoms with Crippen molar-refractivity contribution in [1.82, 2.24) is 0 Å². The van der Waals surface area contributed by atoms with Crippen LogP contribution in [0.1, 0.15) is 21.5 Å². The fraction of sp³-hybridized carbons (Fsp3) is 0.105. The van der Waals surface area contributed by atoms with E-state index in [0.717, 1.165) is 11.8 Å². The number of carbonyl (C=O) groups is 1. The van der Waals surface area contributed by atoms with Gasteiger partial charge in [0.05, 0.1) is 0 Å². The summed E-state index contributed by atoms with van der Waals surface area (Å²) >= 11 is 0. The van der Waals surface area contributed by atoms with Gasteiger partial charge in [0.15, 0.2) is 0 Å². The molecule has 0 atom stereocenters. The molecule has 0 heterocycles. The van der Waals surface area contributed by atoms with Gasteiger partial charge >= 0.3 is 0 Å². The Morgan fingerprint density at radius 2 is 1.62 bits per heavy atom.